The first-order valence-corrected chi connectivity index (χ1v) is 11.6. The highest BCUT2D eigenvalue weighted by molar-refractivity contribution is 7.98. The third kappa shape index (κ3) is 10.8. The third-order valence-corrected chi connectivity index (χ3v) is 5.51. The molecule has 0 aliphatic carbocycles. The summed E-state index contributed by atoms with van der Waals surface area (Å²) in [6.07, 6.45) is 2.09. The van der Waals surface area contributed by atoms with Gasteiger partial charge in [-0.2, -0.15) is 11.8 Å². The predicted octanol–water partition coefficient (Wildman–Crippen LogP) is -2.09. The van der Waals surface area contributed by atoms with Gasteiger partial charge in [-0.05, 0) is 30.8 Å². The smallest absolute Gasteiger partial charge is 0.326 e. The van der Waals surface area contributed by atoms with E-state index in [-0.39, 0.29) is 25.2 Å². The number of nitrogens with two attached hydrogens (primary N) is 2. The van der Waals surface area contributed by atoms with Crippen molar-refractivity contribution in [3.05, 3.63) is 0 Å². The van der Waals surface area contributed by atoms with Crippen molar-refractivity contribution in [2.45, 2.75) is 63.7 Å². The molecule has 0 aromatic rings. The average Bonchev–Trinajstić information content (AvgIpc) is 2.75. The van der Waals surface area contributed by atoms with Crippen LogP contribution >= 0.6 is 11.8 Å². The van der Waals surface area contributed by atoms with E-state index in [0.29, 0.717) is 12.2 Å². The van der Waals surface area contributed by atoms with Crippen LogP contribution in [0.25, 0.3) is 0 Å². The van der Waals surface area contributed by atoms with Gasteiger partial charge in [-0.25, -0.2) is 4.79 Å². The van der Waals surface area contributed by atoms with E-state index >= 15 is 0 Å². The highest BCUT2D eigenvalue weighted by Gasteiger charge is 2.32. The highest BCUT2D eigenvalue weighted by Crippen LogP contribution is 2.10. The predicted molar refractivity (Wildman–Crippen MR) is 119 cm³/mol. The van der Waals surface area contributed by atoms with Crippen LogP contribution in [-0.2, 0) is 24.0 Å². The number of carboxylic acids is 1. The summed E-state index contributed by atoms with van der Waals surface area (Å²) >= 11 is 1.41. The van der Waals surface area contributed by atoms with E-state index < -0.39 is 60.4 Å². The molecule has 0 saturated carbocycles. The molecule has 0 fully saturated rings. The Labute approximate surface area is 191 Å². The zero-order valence-electron chi connectivity index (χ0n) is 18.6. The number of primary amides is 1. The fourth-order valence-electron chi connectivity index (χ4n) is 2.63. The molecule has 0 bridgehead atoms. The van der Waals surface area contributed by atoms with Gasteiger partial charge >= 0.3 is 5.97 Å². The summed E-state index contributed by atoms with van der Waals surface area (Å²) in [5, 5.41) is 25.7. The highest BCUT2D eigenvalue weighted by atomic mass is 32.2. The molecular weight excluding hydrogens is 442 g/mol. The molecule has 0 spiro atoms. The van der Waals surface area contributed by atoms with E-state index in [1.807, 2.05) is 0 Å². The number of amides is 4. The number of carbonyl (C=O) groups is 5. The van der Waals surface area contributed by atoms with Crippen LogP contribution in [0.2, 0.25) is 0 Å². The fourth-order valence-corrected chi connectivity index (χ4v) is 3.10. The number of aliphatic carboxylic acids is 1. The Morgan fingerprint density at radius 2 is 1.56 bits per heavy atom. The van der Waals surface area contributed by atoms with Crippen molar-refractivity contribution in [2.24, 2.45) is 17.4 Å². The molecule has 5 atom stereocenters. The topological polar surface area (TPSA) is 214 Å². The SMILES string of the molecule is CCC(C)C(NC(=O)C(N)CO)C(=O)NC(CCC(N)=O)C(=O)NC(CCSC)C(=O)O. The van der Waals surface area contributed by atoms with Gasteiger partial charge in [0.25, 0.3) is 0 Å². The fraction of sp³-hybridized carbons (Fsp3) is 0.737. The molecule has 0 aliphatic rings. The minimum absolute atomic E-state index is 0.154. The Bertz CT molecular complexity index is 664. The number of carbonyl (C=O) groups excluding carboxylic acids is 4. The maximum atomic E-state index is 12.9. The van der Waals surface area contributed by atoms with Gasteiger partial charge in [0.15, 0.2) is 0 Å². The number of carboxylic acid groups (broad SMARTS) is 1. The number of thioether (sulfide) groups is 1. The van der Waals surface area contributed by atoms with Crippen molar-refractivity contribution < 1.29 is 34.2 Å². The first-order valence-electron chi connectivity index (χ1n) is 10.3. The summed E-state index contributed by atoms with van der Waals surface area (Å²) in [4.78, 5) is 60.3. The average molecular weight is 478 g/mol. The van der Waals surface area contributed by atoms with Gasteiger partial charge in [0.05, 0.1) is 6.61 Å². The van der Waals surface area contributed by atoms with Crippen LogP contribution < -0.4 is 27.4 Å². The molecule has 32 heavy (non-hydrogen) atoms. The third-order valence-electron chi connectivity index (χ3n) is 4.86. The normalized spacial score (nSPS) is 15.5. The van der Waals surface area contributed by atoms with E-state index in [9.17, 15) is 29.1 Å². The van der Waals surface area contributed by atoms with Crippen LogP contribution in [0, 0.1) is 5.92 Å². The Morgan fingerprint density at radius 1 is 0.969 bits per heavy atom. The van der Waals surface area contributed by atoms with Crippen molar-refractivity contribution in [3.8, 4) is 0 Å². The molecular formula is C19H35N5O7S. The van der Waals surface area contributed by atoms with Crippen LogP contribution in [0.3, 0.4) is 0 Å². The minimum atomic E-state index is -1.25. The van der Waals surface area contributed by atoms with Gasteiger partial charge in [0.2, 0.25) is 23.6 Å². The number of hydrogen-bond acceptors (Lipinski definition) is 8. The van der Waals surface area contributed by atoms with Crippen molar-refractivity contribution in [1.82, 2.24) is 16.0 Å². The van der Waals surface area contributed by atoms with Crippen molar-refractivity contribution in [3.63, 3.8) is 0 Å². The molecule has 0 aromatic carbocycles. The molecule has 12 nitrogen and oxygen atoms in total. The van der Waals surface area contributed by atoms with Gasteiger partial charge in [0.1, 0.15) is 24.2 Å². The molecule has 5 unspecified atom stereocenters. The molecule has 0 saturated heterocycles. The first kappa shape index (κ1) is 29.6. The summed E-state index contributed by atoms with van der Waals surface area (Å²) in [7, 11) is 0. The molecule has 9 N–H and O–H groups in total. The van der Waals surface area contributed by atoms with Crippen LogP contribution in [0.5, 0.6) is 0 Å². The monoisotopic (exact) mass is 477 g/mol. The summed E-state index contributed by atoms with van der Waals surface area (Å²) in [5.74, 6) is -4.02. The molecule has 0 aliphatic heterocycles. The Hall–Kier alpha value is -2.38. The molecule has 0 aromatic heterocycles. The molecule has 0 heterocycles. The van der Waals surface area contributed by atoms with Gasteiger partial charge in [0, 0.05) is 6.42 Å². The zero-order valence-corrected chi connectivity index (χ0v) is 19.4. The zero-order chi connectivity index (χ0) is 24.8. The summed E-state index contributed by atoms with van der Waals surface area (Å²) in [6, 6.07) is -4.71. The standard InChI is InChI=1S/C19H35N5O7S/c1-4-10(2)15(24-16(27)11(20)9-25)18(29)22-12(5-6-14(21)26)17(28)23-13(19(30)31)7-8-32-3/h10-13,15,25H,4-9,20H2,1-3H3,(H2,21,26)(H,22,29)(H,23,28)(H,24,27)(H,30,31). The number of aliphatic hydroxyl groups excluding tert-OH is 1. The molecule has 184 valence electrons. The van der Waals surface area contributed by atoms with Crippen LogP contribution in [0.1, 0.15) is 39.5 Å². The molecule has 4 amide bonds. The lowest BCUT2D eigenvalue weighted by Gasteiger charge is -2.27. The lowest BCUT2D eigenvalue weighted by molar-refractivity contribution is -0.142. The minimum Gasteiger partial charge on any atom is -0.480 e. The van der Waals surface area contributed by atoms with E-state index in [0.717, 1.165) is 0 Å². The lowest BCUT2D eigenvalue weighted by Crippen LogP contribution is -2.59. The number of nitrogens with one attached hydrogen (secondary N) is 3. The second kappa shape index (κ2) is 15.4. The second-order valence-electron chi connectivity index (χ2n) is 7.41. The molecule has 0 radical (unpaired) electrons. The van der Waals surface area contributed by atoms with Crippen molar-refractivity contribution in [2.75, 3.05) is 18.6 Å². The molecule has 13 heteroatoms. The lowest BCUT2D eigenvalue weighted by atomic mass is 9.97. The maximum Gasteiger partial charge on any atom is 0.326 e. The Balaban J connectivity index is 5.54. The van der Waals surface area contributed by atoms with Crippen molar-refractivity contribution >= 4 is 41.4 Å². The summed E-state index contributed by atoms with van der Waals surface area (Å²) in [6.45, 7) is 2.89. The van der Waals surface area contributed by atoms with E-state index in [2.05, 4.69) is 16.0 Å². The quantitative estimate of drug-likeness (QED) is 0.129. The largest absolute Gasteiger partial charge is 0.480 e. The number of rotatable bonds is 16. The van der Waals surface area contributed by atoms with Gasteiger partial charge in [-0.1, -0.05) is 20.3 Å². The van der Waals surface area contributed by atoms with E-state index in [1.54, 1.807) is 20.1 Å². The van der Waals surface area contributed by atoms with E-state index in [1.165, 1.54) is 11.8 Å². The van der Waals surface area contributed by atoms with Crippen molar-refractivity contribution in [1.29, 1.82) is 0 Å². The Morgan fingerprint density at radius 3 is 2.03 bits per heavy atom. The molecule has 0 rings (SSSR count). The van der Waals surface area contributed by atoms with Gasteiger partial charge in [-0.15, -0.1) is 0 Å². The van der Waals surface area contributed by atoms with Crippen LogP contribution in [0.4, 0.5) is 0 Å². The summed E-state index contributed by atoms with van der Waals surface area (Å²) < 4.78 is 0. The van der Waals surface area contributed by atoms with Crippen LogP contribution in [-0.4, -0.2) is 82.6 Å². The summed E-state index contributed by atoms with van der Waals surface area (Å²) in [5.41, 5.74) is 10.6. The number of hydrogen-bond donors (Lipinski definition) is 7. The van der Waals surface area contributed by atoms with Gasteiger partial charge in [-0.3, -0.25) is 19.2 Å². The first-order chi connectivity index (χ1) is 15.0. The van der Waals surface area contributed by atoms with E-state index in [4.69, 9.17) is 16.6 Å². The Kier molecular flexibility index (Phi) is 14.3. The maximum absolute atomic E-state index is 12.9. The second-order valence-corrected chi connectivity index (χ2v) is 8.39. The number of aliphatic hydroxyl groups is 1. The van der Waals surface area contributed by atoms with Gasteiger partial charge < -0.3 is 37.6 Å². The van der Waals surface area contributed by atoms with Crippen LogP contribution in [0.15, 0.2) is 0 Å².